The van der Waals surface area contributed by atoms with Crippen molar-refractivity contribution in [2.75, 3.05) is 7.05 Å². The Morgan fingerprint density at radius 2 is 1.69 bits per heavy atom. The van der Waals surface area contributed by atoms with Crippen LogP contribution in [0.1, 0.15) is 41.8 Å². The van der Waals surface area contributed by atoms with Crippen molar-refractivity contribution in [2.24, 2.45) is 4.99 Å². The normalized spacial score (nSPS) is 12.4. The fourth-order valence-electron chi connectivity index (χ4n) is 2.64. The molecule has 0 fully saturated rings. The molecule has 1 unspecified atom stereocenters. The first-order chi connectivity index (χ1) is 14.7. The first-order valence-corrected chi connectivity index (χ1v) is 9.89. The molecule has 176 valence electrons. The average Bonchev–Trinajstić information content (AvgIpc) is 2.74. The maximum atomic E-state index is 12.5. The van der Waals surface area contributed by atoms with Crippen LogP contribution in [0.4, 0.5) is 13.2 Å². The third-order valence-corrected chi connectivity index (χ3v) is 4.53. The Morgan fingerprint density at radius 3 is 2.28 bits per heavy atom. The topological polar surface area (TPSA) is 74.8 Å². The number of nitrogens with zero attached hydrogens (tertiary/aromatic N) is 1. The van der Waals surface area contributed by atoms with Gasteiger partial charge in [-0.2, -0.15) is 0 Å². The van der Waals surface area contributed by atoms with Gasteiger partial charge in [0.2, 0.25) is 0 Å². The minimum absolute atomic E-state index is 0. The van der Waals surface area contributed by atoms with Gasteiger partial charge in [-0.1, -0.05) is 37.3 Å². The lowest BCUT2D eigenvalue weighted by atomic mass is 10.1. The van der Waals surface area contributed by atoms with Gasteiger partial charge in [0, 0.05) is 37.3 Å². The SMILES string of the molecule is CCC(C)NC(=O)c1ccc(CNC(=NC)NCc2ccccc2OC(F)(F)F)cc1.I. The minimum Gasteiger partial charge on any atom is -0.405 e. The van der Waals surface area contributed by atoms with Crippen LogP contribution in [0.15, 0.2) is 53.5 Å². The summed E-state index contributed by atoms with van der Waals surface area (Å²) in [7, 11) is 1.57. The predicted octanol–water partition coefficient (Wildman–Crippen LogP) is 4.60. The molecule has 0 spiro atoms. The number of para-hydroxylation sites is 1. The summed E-state index contributed by atoms with van der Waals surface area (Å²) in [6.07, 6.45) is -3.90. The zero-order valence-electron chi connectivity index (χ0n) is 18.1. The van der Waals surface area contributed by atoms with E-state index in [1.165, 1.54) is 12.1 Å². The number of alkyl halides is 3. The van der Waals surface area contributed by atoms with Crippen molar-refractivity contribution in [1.29, 1.82) is 0 Å². The zero-order valence-corrected chi connectivity index (χ0v) is 20.5. The van der Waals surface area contributed by atoms with Crippen LogP contribution in [0.5, 0.6) is 5.75 Å². The molecule has 0 bridgehead atoms. The Morgan fingerprint density at radius 1 is 1.06 bits per heavy atom. The second kappa shape index (κ2) is 13.1. The van der Waals surface area contributed by atoms with Gasteiger partial charge < -0.3 is 20.7 Å². The molecule has 0 saturated heterocycles. The van der Waals surface area contributed by atoms with E-state index in [-0.39, 0.29) is 48.2 Å². The molecule has 1 amide bonds. The van der Waals surface area contributed by atoms with Gasteiger partial charge in [-0.05, 0) is 37.1 Å². The van der Waals surface area contributed by atoms with Gasteiger partial charge in [0.1, 0.15) is 5.75 Å². The van der Waals surface area contributed by atoms with Gasteiger partial charge in [-0.15, -0.1) is 37.1 Å². The highest BCUT2D eigenvalue weighted by Gasteiger charge is 2.31. The Bertz CT molecular complexity index is 889. The molecule has 32 heavy (non-hydrogen) atoms. The molecule has 0 saturated carbocycles. The fraction of sp³-hybridized carbons (Fsp3) is 0.364. The second-order valence-corrected chi connectivity index (χ2v) is 6.91. The molecule has 3 N–H and O–H groups in total. The maximum Gasteiger partial charge on any atom is 0.573 e. The van der Waals surface area contributed by atoms with Crippen molar-refractivity contribution in [1.82, 2.24) is 16.0 Å². The molecule has 1 atom stereocenters. The number of aliphatic imine (C=N–C) groups is 1. The van der Waals surface area contributed by atoms with Crippen molar-refractivity contribution in [3.63, 3.8) is 0 Å². The molecule has 2 rings (SSSR count). The summed E-state index contributed by atoms with van der Waals surface area (Å²) in [5, 5.41) is 8.97. The molecule has 6 nitrogen and oxygen atoms in total. The van der Waals surface area contributed by atoms with E-state index in [9.17, 15) is 18.0 Å². The Balaban J connectivity index is 0.00000512. The molecule has 0 heterocycles. The molecule has 0 aliphatic heterocycles. The highest BCUT2D eigenvalue weighted by atomic mass is 127. The molecule has 0 aliphatic rings. The second-order valence-electron chi connectivity index (χ2n) is 6.91. The van der Waals surface area contributed by atoms with Crippen LogP contribution in [-0.4, -0.2) is 31.3 Å². The van der Waals surface area contributed by atoms with Gasteiger partial charge in [-0.25, -0.2) is 0 Å². The molecular weight excluding hydrogens is 536 g/mol. The Hall–Kier alpha value is -2.50. The van der Waals surface area contributed by atoms with Crippen LogP contribution in [0.2, 0.25) is 0 Å². The molecule has 10 heteroatoms. The van der Waals surface area contributed by atoms with Crippen LogP contribution in [0, 0.1) is 0 Å². The number of benzene rings is 2. The number of carbonyl (C=O) groups is 1. The zero-order chi connectivity index (χ0) is 22.9. The van der Waals surface area contributed by atoms with E-state index in [0.29, 0.717) is 23.6 Å². The lowest BCUT2D eigenvalue weighted by Gasteiger charge is -2.16. The van der Waals surface area contributed by atoms with Crippen molar-refractivity contribution >= 4 is 35.8 Å². The first kappa shape index (κ1) is 27.5. The van der Waals surface area contributed by atoms with Gasteiger partial charge in [0.25, 0.3) is 5.91 Å². The number of hydrogen-bond acceptors (Lipinski definition) is 3. The van der Waals surface area contributed by atoms with Crippen LogP contribution in [0.3, 0.4) is 0 Å². The number of amides is 1. The summed E-state index contributed by atoms with van der Waals surface area (Å²) in [4.78, 5) is 16.2. The van der Waals surface area contributed by atoms with E-state index in [0.717, 1.165) is 12.0 Å². The summed E-state index contributed by atoms with van der Waals surface area (Å²) in [5.74, 6) is 0.0377. The van der Waals surface area contributed by atoms with Crippen molar-refractivity contribution in [2.45, 2.75) is 45.8 Å². The summed E-state index contributed by atoms with van der Waals surface area (Å²) >= 11 is 0. The maximum absolute atomic E-state index is 12.5. The Kier molecular flexibility index (Phi) is 11.3. The van der Waals surface area contributed by atoms with Crippen molar-refractivity contribution in [3.8, 4) is 5.75 Å². The van der Waals surface area contributed by atoms with E-state index in [1.807, 2.05) is 26.0 Å². The van der Waals surface area contributed by atoms with E-state index >= 15 is 0 Å². The lowest BCUT2D eigenvalue weighted by Crippen LogP contribution is -2.36. The fourth-order valence-corrected chi connectivity index (χ4v) is 2.64. The van der Waals surface area contributed by atoms with Gasteiger partial charge in [-0.3, -0.25) is 9.79 Å². The Labute approximate surface area is 203 Å². The first-order valence-electron chi connectivity index (χ1n) is 9.89. The highest BCUT2D eigenvalue weighted by molar-refractivity contribution is 14.0. The van der Waals surface area contributed by atoms with Gasteiger partial charge in [0.05, 0.1) is 0 Å². The molecule has 0 radical (unpaired) electrons. The van der Waals surface area contributed by atoms with Crippen molar-refractivity contribution < 1.29 is 22.7 Å². The third kappa shape index (κ3) is 9.33. The van der Waals surface area contributed by atoms with E-state index in [4.69, 9.17) is 0 Å². The number of guanidine groups is 1. The standard InChI is InChI=1S/C22H27F3N4O2.HI/c1-4-15(2)29-20(30)17-11-9-16(10-12-17)13-27-21(26-3)28-14-18-7-5-6-8-19(18)31-22(23,24)25;/h5-12,15H,4,13-14H2,1-3H3,(H,29,30)(H2,26,27,28);1H. The molecule has 0 aromatic heterocycles. The van der Waals surface area contributed by atoms with E-state index in [2.05, 4.69) is 25.7 Å². The number of ether oxygens (including phenoxy) is 1. The summed E-state index contributed by atoms with van der Waals surface area (Å²) in [6, 6.07) is 13.2. The third-order valence-electron chi connectivity index (χ3n) is 4.53. The molecular formula is C22H28F3IN4O2. The molecule has 0 aliphatic carbocycles. The quantitative estimate of drug-likeness (QED) is 0.249. The van der Waals surface area contributed by atoms with Crippen LogP contribution in [0.25, 0.3) is 0 Å². The van der Waals surface area contributed by atoms with Crippen LogP contribution in [-0.2, 0) is 13.1 Å². The van der Waals surface area contributed by atoms with Gasteiger partial charge in [0.15, 0.2) is 5.96 Å². The summed E-state index contributed by atoms with van der Waals surface area (Å²) in [6.45, 7) is 4.47. The molecule has 2 aromatic carbocycles. The highest BCUT2D eigenvalue weighted by Crippen LogP contribution is 2.26. The van der Waals surface area contributed by atoms with Crippen LogP contribution < -0.4 is 20.7 Å². The van der Waals surface area contributed by atoms with E-state index in [1.54, 1.807) is 31.3 Å². The minimum atomic E-state index is -4.76. The summed E-state index contributed by atoms with van der Waals surface area (Å²) < 4.78 is 41.7. The van der Waals surface area contributed by atoms with Crippen molar-refractivity contribution in [3.05, 3.63) is 65.2 Å². The average molecular weight is 564 g/mol. The summed E-state index contributed by atoms with van der Waals surface area (Å²) in [5.41, 5.74) is 1.84. The molecule has 2 aromatic rings. The smallest absolute Gasteiger partial charge is 0.405 e. The number of rotatable bonds is 8. The number of carbonyl (C=O) groups excluding carboxylic acids is 1. The lowest BCUT2D eigenvalue weighted by molar-refractivity contribution is -0.274. The van der Waals surface area contributed by atoms with Crippen LogP contribution >= 0.6 is 24.0 Å². The largest absolute Gasteiger partial charge is 0.573 e. The predicted molar refractivity (Wildman–Crippen MR) is 129 cm³/mol. The number of nitrogens with one attached hydrogen (secondary N) is 3. The monoisotopic (exact) mass is 564 g/mol. The van der Waals surface area contributed by atoms with Gasteiger partial charge >= 0.3 is 6.36 Å². The van der Waals surface area contributed by atoms with E-state index < -0.39 is 6.36 Å². The number of hydrogen-bond donors (Lipinski definition) is 3. The number of halogens is 4.